The van der Waals surface area contributed by atoms with Gasteiger partial charge in [-0.3, -0.25) is 4.79 Å². The third-order valence-electron chi connectivity index (χ3n) is 3.80. The summed E-state index contributed by atoms with van der Waals surface area (Å²) in [6.07, 6.45) is 5.41. The van der Waals surface area contributed by atoms with Crippen LogP contribution in [-0.2, 0) is 4.79 Å². The zero-order chi connectivity index (χ0) is 12.2. The predicted molar refractivity (Wildman–Crippen MR) is 67.0 cm³/mol. The van der Waals surface area contributed by atoms with Crippen molar-refractivity contribution in [3.63, 3.8) is 0 Å². The van der Waals surface area contributed by atoms with Crippen LogP contribution in [0, 0.1) is 10.8 Å². The molecule has 1 amide bonds. The fourth-order valence-electron chi connectivity index (χ4n) is 2.39. The summed E-state index contributed by atoms with van der Waals surface area (Å²) in [6.45, 7) is 7.80. The minimum absolute atomic E-state index is 0.110. The van der Waals surface area contributed by atoms with Crippen molar-refractivity contribution < 1.29 is 4.79 Å². The van der Waals surface area contributed by atoms with Crippen molar-refractivity contribution in [3.8, 4) is 0 Å². The Hall–Kier alpha value is -0.570. The van der Waals surface area contributed by atoms with Gasteiger partial charge in [0.1, 0.15) is 0 Å². The van der Waals surface area contributed by atoms with E-state index in [1.807, 2.05) is 0 Å². The van der Waals surface area contributed by atoms with E-state index in [0.29, 0.717) is 6.54 Å². The minimum atomic E-state index is -0.112. The molecule has 1 aliphatic carbocycles. The number of hydrogen-bond acceptors (Lipinski definition) is 2. The zero-order valence-electron chi connectivity index (χ0n) is 10.9. The molecule has 0 aliphatic heterocycles. The molecule has 0 atom stereocenters. The Bertz CT molecular complexity index is 242. The van der Waals surface area contributed by atoms with Crippen LogP contribution in [0.15, 0.2) is 0 Å². The van der Waals surface area contributed by atoms with E-state index < -0.39 is 0 Å². The van der Waals surface area contributed by atoms with Crippen LogP contribution >= 0.6 is 0 Å². The second kappa shape index (κ2) is 5.17. The van der Waals surface area contributed by atoms with Gasteiger partial charge in [0.15, 0.2) is 0 Å². The molecule has 16 heavy (non-hydrogen) atoms. The lowest BCUT2D eigenvalue weighted by atomic mass is 9.85. The van der Waals surface area contributed by atoms with Crippen molar-refractivity contribution in [2.45, 2.75) is 52.9 Å². The van der Waals surface area contributed by atoms with Crippen molar-refractivity contribution in [3.05, 3.63) is 0 Å². The van der Waals surface area contributed by atoms with Crippen LogP contribution in [0.3, 0.4) is 0 Å². The van der Waals surface area contributed by atoms with Crippen LogP contribution in [0.1, 0.15) is 52.9 Å². The zero-order valence-corrected chi connectivity index (χ0v) is 10.9. The highest BCUT2D eigenvalue weighted by Gasteiger charge is 2.36. The maximum atomic E-state index is 12.1. The molecule has 1 saturated carbocycles. The van der Waals surface area contributed by atoms with E-state index in [2.05, 4.69) is 26.1 Å². The molecule has 0 bridgehead atoms. The highest BCUT2D eigenvalue weighted by Crippen LogP contribution is 2.37. The first-order chi connectivity index (χ1) is 7.40. The lowest BCUT2D eigenvalue weighted by Gasteiger charge is -2.28. The summed E-state index contributed by atoms with van der Waals surface area (Å²) >= 11 is 0. The molecular weight excluding hydrogens is 200 g/mol. The van der Waals surface area contributed by atoms with Gasteiger partial charge in [-0.15, -0.1) is 0 Å². The molecule has 1 fully saturated rings. The highest BCUT2D eigenvalue weighted by atomic mass is 16.2. The van der Waals surface area contributed by atoms with Crippen LogP contribution < -0.4 is 11.1 Å². The Morgan fingerprint density at radius 3 is 2.44 bits per heavy atom. The smallest absolute Gasteiger partial charge is 0.225 e. The van der Waals surface area contributed by atoms with Crippen LogP contribution in [0.5, 0.6) is 0 Å². The van der Waals surface area contributed by atoms with E-state index in [4.69, 9.17) is 5.73 Å². The lowest BCUT2D eigenvalue weighted by molar-refractivity contribution is -0.130. The van der Waals surface area contributed by atoms with Gasteiger partial charge in [0.05, 0.1) is 0 Å². The molecule has 0 unspecified atom stereocenters. The first-order valence-electron chi connectivity index (χ1n) is 6.38. The Kier molecular flexibility index (Phi) is 4.36. The third-order valence-corrected chi connectivity index (χ3v) is 3.80. The fraction of sp³-hybridized carbons (Fsp3) is 0.923. The monoisotopic (exact) mass is 226 g/mol. The maximum Gasteiger partial charge on any atom is 0.225 e. The Morgan fingerprint density at radius 2 is 1.94 bits per heavy atom. The first-order valence-corrected chi connectivity index (χ1v) is 6.38. The van der Waals surface area contributed by atoms with Crippen molar-refractivity contribution in [1.82, 2.24) is 5.32 Å². The molecule has 0 aromatic carbocycles. The summed E-state index contributed by atoms with van der Waals surface area (Å²) in [5.74, 6) is 0.232. The molecule has 0 spiro atoms. The van der Waals surface area contributed by atoms with E-state index in [-0.39, 0.29) is 16.7 Å². The average molecular weight is 226 g/mol. The molecule has 0 radical (unpaired) electrons. The summed E-state index contributed by atoms with van der Waals surface area (Å²) < 4.78 is 0. The van der Waals surface area contributed by atoms with Crippen molar-refractivity contribution in [2.24, 2.45) is 16.6 Å². The molecule has 1 rings (SSSR count). The summed E-state index contributed by atoms with van der Waals surface area (Å²) in [7, 11) is 0. The summed E-state index contributed by atoms with van der Waals surface area (Å²) in [6, 6.07) is 0. The number of rotatable bonds is 5. The highest BCUT2D eigenvalue weighted by molar-refractivity contribution is 5.82. The van der Waals surface area contributed by atoms with Crippen molar-refractivity contribution in [1.29, 1.82) is 0 Å². The van der Waals surface area contributed by atoms with Gasteiger partial charge < -0.3 is 11.1 Å². The van der Waals surface area contributed by atoms with Crippen LogP contribution in [0.2, 0.25) is 0 Å². The van der Waals surface area contributed by atoms with E-state index in [0.717, 1.165) is 25.8 Å². The topological polar surface area (TPSA) is 55.1 Å². The quantitative estimate of drug-likeness (QED) is 0.754. The average Bonchev–Trinajstić information content (AvgIpc) is 2.63. The Morgan fingerprint density at radius 1 is 1.38 bits per heavy atom. The molecule has 94 valence electrons. The standard InChI is InChI=1S/C13H26N2O/c1-12(2,8-9-14)10-15-11(16)13(3)6-4-5-7-13/h4-10,14H2,1-3H3,(H,15,16). The number of carbonyl (C=O) groups excluding carboxylic acids is 1. The van der Waals surface area contributed by atoms with Crippen LogP contribution in [0.4, 0.5) is 0 Å². The molecule has 0 aromatic heterocycles. The number of carbonyl (C=O) groups is 1. The van der Waals surface area contributed by atoms with Gasteiger partial charge in [-0.25, -0.2) is 0 Å². The first kappa shape index (κ1) is 13.5. The fourth-order valence-corrected chi connectivity index (χ4v) is 2.39. The summed E-state index contributed by atoms with van der Waals surface area (Å²) in [5.41, 5.74) is 5.55. The molecule has 3 nitrogen and oxygen atoms in total. The van der Waals surface area contributed by atoms with Crippen LogP contribution in [-0.4, -0.2) is 19.0 Å². The molecule has 3 heteroatoms. The Balaban J connectivity index is 2.40. The second-order valence-corrected chi connectivity index (χ2v) is 6.15. The SMILES string of the molecule is CC(C)(CCN)CNC(=O)C1(C)CCCC1. The van der Waals surface area contributed by atoms with Gasteiger partial charge in [0.2, 0.25) is 5.91 Å². The van der Waals surface area contributed by atoms with Crippen molar-refractivity contribution in [2.75, 3.05) is 13.1 Å². The number of nitrogens with one attached hydrogen (secondary N) is 1. The van der Waals surface area contributed by atoms with E-state index in [9.17, 15) is 4.79 Å². The molecule has 0 heterocycles. The van der Waals surface area contributed by atoms with Gasteiger partial charge in [-0.05, 0) is 31.2 Å². The number of hydrogen-bond donors (Lipinski definition) is 2. The molecule has 0 saturated heterocycles. The second-order valence-electron chi connectivity index (χ2n) is 6.15. The lowest BCUT2D eigenvalue weighted by Crippen LogP contribution is -2.42. The molecule has 1 aliphatic rings. The summed E-state index contributed by atoms with van der Waals surface area (Å²) in [4.78, 5) is 12.1. The maximum absolute atomic E-state index is 12.1. The number of amides is 1. The van der Waals surface area contributed by atoms with E-state index in [1.54, 1.807) is 0 Å². The minimum Gasteiger partial charge on any atom is -0.355 e. The molecule has 3 N–H and O–H groups in total. The van der Waals surface area contributed by atoms with E-state index >= 15 is 0 Å². The van der Waals surface area contributed by atoms with Gasteiger partial charge >= 0.3 is 0 Å². The van der Waals surface area contributed by atoms with Gasteiger partial charge in [-0.2, -0.15) is 0 Å². The predicted octanol–water partition coefficient (Wildman–Crippen LogP) is 2.06. The number of nitrogens with two attached hydrogens (primary N) is 1. The van der Waals surface area contributed by atoms with Gasteiger partial charge in [0, 0.05) is 12.0 Å². The third kappa shape index (κ3) is 3.48. The molecular formula is C13H26N2O. The van der Waals surface area contributed by atoms with Crippen molar-refractivity contribution >= 4 is 5.91 Å². The summed E-state index contributed by atoms with van der Waals surface area (Å²) in [5, 5.41) is 3.10. The van der Waals surface area contributed by atoms with Crippen LogP contribution in [0.25, 0.3) is 0 Å². The molecule has 0 aromatic rings. The van der Waals surface area contributed by atoms with Gasteiger partial charge in [0.25, 0.3) is 0 Å². The normalized spacial score (nSPS) is 19.8. The Labute approximate surface area is 99.2 Å². The largest absolute Gasteiger partial charge is 0.355 e. The van der Waals surface area contributed by atoms with E-state index in [1.165, 1.54) is 12.8 Å². The van der Waals surface area contributed by atoms with Gasteiger partial charge in [-0.1, -0.05) is 33.6 Å².